The number of aryl methyl sites for hydroxylation is 1. The Balaban J connectivity index is 1.91. The molecule has 0 fully saturated rings. The molecule has 0 saturated carbocycles. The van der Waals surface area contributed by atoms with E-state index in [0.29, 0.717) is 12.1 Å². The van der Waals surface area contributed by atoms with Gasteiger partial charge in [-0.3, -0.25) is 0 Å². The zero-order valence-corrected chi connectivity index (χ0v) is 14.3. The van der Waals surface area contributed by atoms with Crippen LogP contribution in [0.2, 0.25) is 0 Å². The van der Waals surface area contributed by atoms with E-state index in [2.05, 4.69) is 11.9 Å². The minimum absolute atomic E-state index is 0.0999. The van der Waals surface area contributed by atoms with Crippen LogP contribution in [0.15, 0.2) is 43.0 Å². The number of imidazole rings is 1. The number of phenolic OH excluding ortho intramolecular Hbond substituents is 1. The monoisotopic (exact) mass is 341 g/mol. The predicted octanol–water partition coefficient (Wildman–Crippen LogP) is 3.51. The van der Waals surface area contributed by atoms with E-state index in [0.717, 1.165) is 37.1 Å². The Morgan fingerprint density at radius 2 is 1.80 bits per heavy atom. The zero-order chi connectivity index (χ0) is 17.8. The minimum Gasteiger partial charge on any atom is -0.508 e. The summed E-state index contributed by atoms with van der Waals surface area (Å²) in [6, 6.07) is 6.66. The second kappa shape index (κ2) is 7.34. The molecule has 0 aliphatic heterocycles. The van der Waals surface area contributed by atoms with Crippen molar-refractivity contribution in [3.05, 3.63) is 48.7 Å². The van der Waals surface area contributed by atoms with E-state index in [-0.39, 0.29) is 17.4 Å². The van der Waals surface area contributed by atoms with Crippen molar-refractivity contribution < 1.29 is 15.3 Å². The number of phenols is 1. The number of aromatic hydroxyl groups is 3. The van der Waals surface area contributed by atoms with E-state index in [9.17, 15) is 15.3 Å². The second-order valence-corrected chi connectivity index (χ2v) is 6.10. The van der Waals surface area contributed by atoms with E-state index in [1.807, 2.05) is 10.8 Å². The fourth-order valence-electron chi connectivity index (χ4n) is 3.14. The zero-order valence-electron chi connectivity index (χ0n) is 14.3. The van der Waals surface area contributed by atoms with Crippen LogP contribution in [0.4, 0.5) is 0 Å². The summed E-state index contributed by atoms with van der Waals surface area (Å²) in [5, 5.41) is 30.4. The normalized spacial score (nSPS) is 11.1. The highest BCUT2D eigenvalue weighted by Crippen LogP contribution is 2.43. The van der Waals surface area contributed by atoms with Crippen molar-refractivity contribution in [3.63, 3.8) is 0 Å². The maximum absolute atomic E-state index is 10.5. The van der Waals surface area contributed by atoms with Gasteiger partial charge in [-0.2, -0.15) is 0 Å². The van der Waals surface area contributed by atoms with Crippen LogP contribution in [0.1, 0.15) is 25.5 Å². The molecule has 0 bridgehead atoms. The highest BCUT2D eigenvalue weighted by molar-refractivity contribution is 5.76. The van der Waals surface area contributed by atoms with E-state index in [4.69, 9.17) is 0 Å². The molecular formula is C19H23N3O3. The number of aromatic nitrogens is 3. The fourth-order valence-corrected chi connectivity index (χ4v) is 3.14. The maximum Gasteiger partial charge on any atom is 0.235 e. The van der Waals surface area contributed by atoms with Crippen LogP contribution in [-0.4, -0.2) is 29.4 Å². The van der Waals surface area contributed by atoms with Gasteiger partial charge in [-0.25, -0.2) is 4.98 Å². The lowest BCUT2D eigenvalue weighted by atomic mass is 10.0. The van der Waals surface area contributed by atoms with E-state index < -0.39 is 0 Å². The van der Waals surface area contributed by atoms with Crippen molar-refractivity contribution in [1.82, 2.24) is 14.1 Å². The van der Waals surface area contributed by atoms with Crippen LogP contribution in [-0.2, 0) is 19.5 Å². The average Bonchev–Trinajstić information content (AvgIpc) is 3.19. The van der Waals surface area contributed by atoms with Gasteiger partial charge in [-0.15, -0.1) is 0 Å². The molecule has 0 spiro atoms. The van der Waals surface area contributed by atoms with Gasteiger partial charge in [0, 0.05) is 36.7 Å². The Kier molecular flexibility index (Phi) is 4.97. The molecule has 6 nitrogen and oxygen atoms in total. The van der Waals surface area contributed by atoms with Crippen LogP contribution in [0.25, 0.3) is 11.1 Å². The van der Waals surface area contributed by atoms with E-state index in [1.165, 1.54) is 0 Å². The molecule has 0 unspecified atom stereocenters. The average molecular weight is 341 g/mol. The lowest BCUT2D eigenvalue weighted by Crippen LogP contribution is -2.06. The molecular weight excluding hydrogens is 318 g/mol. The molecule has 6 heteroatoms. The molecule has 0 amide bonds. The summed E-state index contributed by atoms with van der Waals surface area (Å²) in [6.45, 7) is 3.46. The standard InChI is InChI=1S/C19H23N3O3/c1-2-4-16-17(14-5-7-15(23)8-6-14)18(24)19(25)22(16)11-3-10-21-12-9-20-13-21/h5-9,12-13,23-25H,2-4,10-11H2,1H3. The number of benzene rings is 1. The molecule has 0 radical (unpaired) electrons. The Hall–Kier alpha value is -2.89. The van der Waals surface area contributed by atoms with Crippen molar-refractivity contribution in [1.29, 1.82) is 0 Å². The summed E-state index contributed by atoms with van der Waals surface area (Å²) < 4.78 is 3.78. The summed E-state index contributed by atoms with van der Waals surface area (Å²) in [5.41, 5.74) is 2.33. The lowest BCUT2D eigenvalue weighted by Gasteiger charge is -2.11. The fraction of sp³-hybridized carbons (Fsp3) is 0.316. The third-order valence-corrected chi connectivity index (χ3v) is 4.32. The van der Waals surface area contributed by atoms with Gasteiger partial charge in [0.15, 0.2) is 5.75 Å². The molecule has 3 N–H and O–H groups in total. The summed E-state index contributed by atoms with van der Waals surface area (Å²) in [4.78, 5) is 4.02. The van der Waals surface area contributed by atoms with Gasteiger partial charge in [0.05, 0.1) is 6.33 Å². The first kappa shape index (κ1) is 17.0. The van der Waals surface area contributed by atoms with Crippen molar-refractivity contribution in [2.45, 2.75) is 39.3 Å². The molecule has 0 aliphatic rings. The largest absolute Gasteiger partial charge is 0.508 e. The number of nitrogens with zero attached hydrogens (tertiary/aromatic N) is 3. The van der Waals surface area contributed by atoms with Gasteiger partial charge in [0.2, 0.25) is 5.88 Å². The van der Waals surface area contributed by atoms with Crippen molar-refractivity contribution in [3.8, 4) is 28.5 Å². The van der Waals surface area contributed by atoms with Gasteiger partial charge in [-0.05, 0) is 30.5 Å². The Labute approximate surface area is 146 Å². The summed E-state index contributed by atoms with van der Waals surface area (Å²) in [6.07, 6.45) is 7.86. The number of hydrogen-bond donors (Lipinski definition) is 3. The molecule has 3 aromatic rings. The topological polar surface area (TPSA) is 83.4 Å². The van der Waals surface area contributed by atoms with Crippen LogP contribution in [0, 0.1) is 0 Å². The van der Waals surface area contributed by atoms with Crippen LogP contribution < -0.4 is 0 Å². The molecule has 132 valence electrons. The van der Waals surface area contributed by atoms with E-state index in [1.54, 1.807) is 41.4 Å². The number of rotatable bonds is 7. The molecule has 1 aromatic carbocycles. The second-order valence-electron chi connectivity index (χ2n) is 6.10. The van der Waals surface area contributed by atoms with E-state index >= 15 is 0 Å². The Morgan fingerprint density at radius 3 is 2.44 bits per heavy atom. The SMILES string of the molecule is CCCc1c(-c2ccc(O)cc2)c(O)c(O)n1CCCn1ccnc1. The third kappa shape index (κ3) is 3.47. The number of hydrogen-bond acceptors (Lipinski definition) is 4. The highest BCUT2D eigenvalue weighted by atomic mass is 16.3. The highest BCUT2D eigenvalue weighted by Gasteiger charge is 2.22. The van der Waals surface area contributed by atoms with Gasteiger partial charge in [0.25, 0.3) is 0 Å². The van der Waals surface area contributed by atoms with Crippen LogP contribution >= 0.6 is 0 Å². The lowest BCUT2D eigenvalue weighted by molar-refractivity contribution is 0.365. The van der Waals surface area contributed by atoms with Crippen molar-refractivity contribution in [2.24, 2.45) is 0 Å². The summed E-state index contributed by atoms with van der Waals surface area (Å²) >= 11 is 0. The summed E-state index contributed by atoms with van der Waals surface area (Å²) in [5.74, 6) is -0.0294. The van der Waals surface area contributed by atoms with Gasteiger partial charge in [0.1, 0.15) is 5.75 Å². The quantitative estimate of drug-likeness (QED) is 0.614. The summed E-state index contributed by atoms with van der Waals surface area (Å²) in [7, 11) is 0. The molecule has 0 saturated heterocycles. The first-order chi connectivity index (χ1) is 12.1. The first-order valence-corrected chi connectivity index (χ1v) is 8.50. The molecule has 3 rings (SSSR count). The van der Waals surface area contributed by atoms with Gasteiger partial charge in [-0.1, -0.05) is 25.5 Å². The third-order valence-electron chi connectivity index (χ3n) is 4.32. The Morgan fingerprint density at radius 1 is 1.04 bits per heavy atom. The van der Waals surface area contributed by atoms with Crippen molar-refractivity contribution >= 4 is 0 Å². The first-order valence-electron chi connectivity index (χ1n) is 8.50. The van der Waals surface area contributed by atoms with Gasteiger partial charge >= 0.3 is 0 Å². The predicted molar refractivity (Wildman–Crippen MR) is 95.7 cm³/mol. The van der Waals surface area contributed by atoms with Gasteiger partial charge < -0.3 is 24.5 Å². The molecule has 0 atom stereocenters. The van der Waals surface area contributed by atoms with Crippen molar-refractivity contribution in [2.75, 3.05) is 0 Å². The molecule has 25 heavy (non-hydrogen) atoms. The molecule has 2 aromatic heterocycles. The Bertz CT molecular complexity index is 821. The smallest absolute Gasteiger partial charge is 0.235 e. The molecule has 2 heterocycles. The van der Waals surface area contributed by atoms with Crippen LogP contribution in [0.5, 0.6) is 17.4 Å². The van der Waals surface area contributed by atoms with Crippen LogP contribution in [0.3, 0.4) is 0 Å². The maximum atomic E-state index is 10.5. The molecule has 0 aliphatic carbocycles. The minimum atomic E-state index is -0.100.